The number of amides is 1. The first-order valence-electron chi connectivity index (χ1n) is 5.17. The van der Waals surface area contributed by atoms with E-state index in [9.17, 15) is 4.79 Å². The standard InChI is InChI=1S/C10H19NO3/c1-8-3-4-11(7-9(8)2)10(13)14-6-5-12/h8-9,12H,3-7H2,1-2H3. The topological polar surface area (TPSA) is 49.8 Å². The van der Waals surface area contributed by atoms with E-state index in [1.165, 1.54) is 0 Å². The Bertz CT molecular complexity index is 196. The number of carbonyl (C=O) groups is 1. The minimum absolute atomic E-state index is 0.0965. The summed E-state index contributed by atoms with van der Waals surface area (Å²) in [5.41, 5.74) is 0. The molecule has 14 heavy (non-hydrogen) atoms. The van der Waals surface area contributed by atoms with Crippen molar-refractivity contribution >= 4 is 6.09 Å². The second-order valence-corrected chi connectivity index (χ2v) is 4.03. The minimum Gasteiger partial charge on any atom is -0.447 e. The van der Waals surface area contributed by atoms with E-state index in [2.05, 4.69) is 13.8 Å². The number of likely N-dealkylation sites (tertiary alicyclic amines) is 1. The van der Waals surface area contributed by atoms with E-state index in [0.717, 1.165) is 19.5 Å². The summed E-state index contributed by atoms with van der Waals surface area (Å²) in [6.45, 7) is 5.89. The molecule has 0 spiro atoms. The molecule has 0 radical (unpaired) electrons. The summed E-state index contributed by atoms with van der Waals surface area (Å²) in [5.74, 6) is 1.21. The van der Waals surface area contributed by atoms with Crippen molar-refractivity contribution in [3.8, 4) is 0 Å². The fraction of sp³-hybridized carbons (Fsp3) is 0.900. The average Bonchev–Trinajstić information content (AvgIpc) is 2.18. The van der Waals surface area contributed by atoms with Gasteiger partial charge in [-0.25, -0.2) is 4.79 Å². The van der Waals surface area contributed by atoms with Crippen LogP contribution in [0.5, 0.6) is 0 Å². The zero-order chi connectivity index (χ0) is 10.6. The first kappa shape index (κ1) is 11.3. The molecule has 1 fully saturated rings. The second-order valence-electron chi connectivity index (χ2n) is 4.03. The predicted molar refractivity (Wildman–Crippen MR) is 53.0 cm³/mol. The van der Waals surface area contributed by atoms with Crippen LogP contribution < -0.4 is 0 Å². The van der Waals surface area contributed by atoms with Gasteiger partial charge in [-0.05, 0) is 18.3 Å². The molecule has 4 nitrogen and oxygen atoms in total. The van der Waals surface area contributed by atoms with E-state index in [-0.39, 0.29) is 19.3 Å². The van der Waals surface area contributed by atoms with Crippen molar-refractivity contribution in [2.75, 3.05) is 26.3 Å². The van der Waals surface area contributed by atoms with Gasteiger partial charge in [-0.1, -0.05) is 13.8 Å². The third-order valence-electron chi connectivity index (χ3n) is 2.91. The van der Waals surface area contributed by atoms with Crippen LogP contribution in [-0.2, 0) is 4.74 Å². The largest absolute Gasteiger partial charge is 0.447 e. The molecule has 2 atom stereocenters. The van der Waals surface area contributed by atoms with Crippen LogP contribution >= 0.6 is 0 Å². The maximum Gasteiger partial charge on any atom is 0.409 e. The highest BCUT2D eigenvalue weighted by Crippen LogP contribution is 2.22. The molecule has 1 aliphatic heterocycles. The van der Waals surface area contributed by atoms with Crippen LogP contribution in [-0.4, -0.2) is 42.4 Å². The van der Waals surface area contributed by atoms with Gasteiger partial charge in [-0.3, -0.25) is 0 Å². The molecule has 0 aliphatic carbocycles. The maximum absolute atomic E-state index is 11.4. The van der Waals surface area contributed by atoms with E-state index in [4.69, 9.17) is 9.84 Å². The molecule has 0 aromatic rings. The number of ether oxygens (including phenoxy) is 1. The molecule has 0 bridgehead atoms. The molecule has 1 N–H and O–H groups in total. The minimum atomic E-state index is -0.294. The Kier molecular flexibility index (Phi) is 4.20. The van der Waals surface area contributed by atoms with Crippen molar-refractivity contribution in [2.24, 2.45) is 11.8 Å². The predicted octanol–water partition coefficient (Wildman–Crippen LogP) is 1.09. The number of aliphatic hydroxyl groups excluding tert-OH is 1. The highest BCUT2D eigenvalue weighted by Gasteiger charge is 2.26. The zero-order valence-corrected chi connectivity index (χ0v) is 8.90. The van der Waals surface area contributed by atoms with Crippen molar-refractivity contribution in [3.05, 3.63) is 0 Å². The lowest BCUT2D eigenvalue weighted by molar-refractivity contribution is 0.0629. The lowest BCUT2D eigenvalue weighted by Crippen LogP contribution is -2.42. The molecule has 1 saturated heterocycles. The first-order chi connectivity index (χ1) is 6.65. The molecule has 1 aliphatic rings. The quantitative estimate of drug-likeness (QED) is 0.727. The normalized spacial score (nSPS) is 27.5. The number of nitrogens with zero attached hydrogens (tertiary/aromatic N) is 1. The number of carbonyl (C=O) groups excluding carboxylic acids is 1. The van der Waals surface area contributed by atoms with Gasteiger partial charge in [0, 0.05) is 13.1 Å². The van der Waals surface area contributed by atoms with Crippen LogP contribution in [0.25, 0.3) is 0 Å². The van der Waals surface area contributed by atoms with Crippen molar-refractivity contribution in [1.29, 1.82) is 0 Å². The molecule has 2 unspecified atom stereocenters. The Hall–Kier alpha value is -0.770. The van der Waals surface area contributed by atoms with Crippen LogP contribution in [0.4, 0.5) is 4.79 Å². The molecule has 4 heteroatoms. The van der Waals surface area contributed by atoms with Gasteiger partial charge in [0.2, 0.25) is 0 Å². The summed E-state index contributed by atoms with van der Waals surface area (Å²) >= 11 is 0. The number of rotatable bonds is 2. The molecular weight excluding hydrogens is 182 g/mol. The van der Waals surface area contributed by atoms with Crippen LogP contribution in [0.3, 0.4) is 0 Å². The number of piperidine rings is 1. The van der Waals surface area contributed by atoms with Gasteiger partial charge >= 0.3 is 6.09 Å². The van der Waals surface area contributed by atoms with E-state index >= 15 is 0 Å². The fourth-order valence-electron chi connectivity index (χ4n) is 1.65. The molecule has 1 heterocycles. The summed E-state index contributed by atoms with van der Waals surface area (Å²) in [5, 5.41) is 8.51. The maximum atomic E-state index is 11.4. The lowest BCUT2D eigenvalue weighted by atomic mass is 9.89. The van der Waals surface area contributed by atoms with Gasteiger partial charge in [0.1, 0.15) is 6.61 Å². The van der Waals surface area contributed by atoms with Crippen LogP contribution in [0, 0.1) is 11.8 Å². The van der Waals surface area contributed by atoms with Gasteiger partial charge in [0.05, 0.1) is 6.61 Å². The SMILES string of the molecule is CC1CCN(C(=O)OCCO)CC1C. The molecule has 0 saturated carbocycles. The Balaban J connectivity index is 2.34. The van der Waals surface area contributed by atoms with Gasteiger partial charge in [-0.15, -0.1) is 0 Å². The molecule has 0 aromatic carbocycles. The fourth-order valence-corrected chi connectivity index (χ4v) is 1.65. The van der Waals surface area contributed by atoms with Gasteiger partial charge in [0.25, 0.3) is 0 Å². The molecule has 1 rings (SSSR count). The summed E-state index contributed by atoms with van der Waals surface area (Å²) in [6.07, 6.45) is 0.743. The van der Waals surface area contributed by atoms with Crippen molar-refractivity contribution in [3.63, 3.8) is 0 Å². The number of aliphatic hydroxyl groups is 1. The van der Waals surface area contributed by atoms with E-state index in [0.29, 0.717) is 11.8 Å². The lowest BCUT2D eigenvalue weighted by Gasteiger charge is -2.34. The second kappa shape index (κ2) is 5.20. The smallest absolute Gasteiger partial charge is 0.409 e. The Morgan fingerprint density at radius 3 is 2.79 bits per heavy atom. The molecule has 0 aromatic heterocycles. The van der Waals surface area contributed by atoms with E-state index in [1.807, 2.05) is 0 Å². The summed E-state index contributed by atoms with van der Waals surface area (Å²) in [6, 6.07) is 0. The third-order valence-corrected chi connectivity index (χ3v) is 2.91. The molecule has 82 valence electrons. The van der Waals surface area contributed by atoms with E-state index in [1.54, 1.807) is 4.90 Å². The van der Waals surface area contributed by atoms with Crippen molar-refractivity contribution < 1.29 is 14.6 Å². The monoisotopic (exact) mass is 201 g/mol. The van der Waals surface area contributed by atoms with Gasteiger partial charge in [0.15, 0.2) is 0 Å². The molecular formula is C10H19NO3. The molecule has 1 amide bonds. The summed E-state index contributed by atoms with van der Waals surface area (Å²) < 4.78 is 4.85. The highest BCUT2D eigenvalue weighted by atomic mass is 16.6. The number of hydrogen-bond donors (Lipinski definition) is 1. The van der Waals surface area contributed by atoms with Crippen LogP contribution in [0.1, 0.15) is 20.3 Å². The summed E-state index contributed by atoms with van der Waals surface area (Å²) in [4.78, 5) is 13.1. The van der Waals surface area contributed by atoms with E-state index < -0.39 is 0 Å². The van der Waals surface area contributed by atoms with Gasteiger partial charge < -0.3 is 14.7 Å². The Morgan fingerprint density at radius 1 is 1.50 bits per heavy atom. The third kappa shape index (κ3) is 2.87. The van der Waals surface area contributed by atoms with Crippen molar-refractivity contribution in [2.45, 2.75) is 20.3 Å². The Morgan fingerprint density at radius 2 is 2.21 bits per heavy atom. The average molecular weight is 201 g/mol. The van der Waals surface area contributed by atoms with Gasteiger partial charge in [-0.2, -0.15) is 0 Å². The van der Waals surface area contributed by atoms with Crippen LogP contribution in [0.15, 0.2) is 0 Å². The highest BCUT2D eigenvalue weighted by molar-refractivity contribution is 5.67. The Labute approximate surface area is 84.8 Å². The van der Waals surface area contributed by atoms with Crippen LogP contribution in [0.2, 0.25) is 0 Å². The summed E-state index contributed by atoms with van der Waals surface area (Å²) in [7, 11) is 0. The first-order valence-corrected chi connectivity index (χ1v) is 5.17. The van der Waals surface area contributed by atoms with Crippen molar-refractivity contribution in [1.82, 2.24) is 4.90 Å². The number of hydrogen-bond acceptors (Lipinski definition) is 3. The zero-order valence-electron chi connectivity index (χ0n) is 8.90.